The average Bonchev–Trinajstić information content (AvgIpc) is 2.61. The number of rotatable bonds is 7. The van der Waals surface area contributed by atoms with Crippen molar-refractivity contribution in [3.63, 3.8) is 0 Å². The molecule has 0 fully saturated rings. The van der Waals surface area contributed by atoms with Crippen LogP contribution in [0.15, 0.2) is 42.5 Å². The van der Waals surface area contributed by atoms with Crippen molar-refractivity contribution < 1.29 is 23.5 Å². The van der Waals surface area contributed by atoms with Gasteiger partial charge in [0, 0.05) is 17.7 Å². The van der Waals surface area contributed by atoms with Crippen molar-refractivity contribution >= 4 is 46.5 Å². The molecule has 0 saturated carbocycles. The minimum atomic E-state index is -0.690. The Balaban J connectivity index is 1.73. The van der Waals surface area contributed by atoms with Gasteiger partial charge in [-0.1, -0.05) is 23.2 Å². The van der Waals surface area contributed by atoms with Crippen LogP contribution in [-0.2, 0) is 14.3 Å². The summed E-state index contributed by atoms with van der Waals surface area (Å²) in [6.07, 6.45) is -0.312. The first-order chi connectivity index (χ1) is 12.3. The first-order valence-corrected chi connectivity index (χ1v) is 8.30. The molecule has 2 rings (SSSR count). The molecular formula is C18H14Cl2FNO4. The van der Waals surface area contributed by atoms with E-state index in [9.17, 15) is 18.8 Å². The number of carbonyl (C=O) groups is 3. The van der Waals surface area contributed by atoms with E-state index >= 15 is 0 Å². The van der Waals surface area contributed by atoms with Crippen LogP contribution in [0, 0.1) is 5.82 Å². The molecule has 1 N–H and O–H groups in total. The molecule has 0 aliphatic carbocycles. The highest BCUT2D eigenvalue weighted by Gasteiger charge is 2.12. The predicted molar refractivity (Wildman–Crippen MR) is 96.0 cm³/mol. The smallest absolute Gasteiger partial charge is 0.306 e. The Morgan fingerprint density at radius 2 is 1.65 bits per heavy atom. The van der Waals surface area contributed by atoms with E-state index in [4.69, 9.17) is 27.9 Å². The van der Waals surface area contributed by atoms with E-state index in [1.807, 2.05) is 0 Å². The maximum atomic E-state index is 12.8. The van der Waals surface area contributed by atoms with Crippen LogP contribution >= 0.6 is 23.2 Å². The Kier molecular flexibility index (Phi) is 7.12. The molecule has 5 nitrogen and oxygen atoms in total. The molecule has 26 heavy (non-hydrogen) atoms. The first kappa shape index (κ1) is 19.9. The number of halogens is 3. The van der Waals surface area contributed by atoms with Gasteiger partial charge in [-0.25, -0.2) is 4.39 Å². The fourth-order valence-corrected chi connectivity index (χ4v) is 2.25. The fourth-order valence-electron chi connectivity index (χ4n) is 1.95. The topological polar surface area (TPSA) is 72.5 Å². The molecule has 8 heteroatoms. The molecule has 0 heterocycles. The lowest BCUT2D eigenvalue weighted by molar-refractivity contribution is -0.143. The third-order valence-corrected chi connectivity index (χ3v) is 4.03. The van der Waals surface area contributed by atoms with Gasteiger partial charge in [-0.2, -0.15) is 0 Å². The highest BCUT2D eigenvalue weighted by molar-refractivity contribution is 6.42. The van der Waals surface area contributed by atoms with Crippen LogP contribution in [0.1, 0.15) is 23.2 Å². The van der Waals surface area contributed by atoms with E-state index in [0.29, 0.717) is 15.7 Å². The van der Waals surface area contributed by atoms with Crippen molar-refractivity contribution in [3.8, 4) is 0 Å². The molecule has 0 radical (unpaired) electrons. The molecule has 136 valence electrons. The number of esters is 1. The van der Waals surface area contributed by atoms with Gasteiger partial charge in [-0.15, -0.1) is 0 Å². The van der Waals surface area contributed by atoms with E-state index in [2.05, 4.69) is 5.32 Å². The average molecular weight is 398 g/mol. The molecular weight excluding hydrogens is 384 g/mol. The van der Waals surface area contributed by atoms with Crippen molar-refractivity contribution in [2.75, 3.05) is 11.9 Å². The SMILES string of the molecule is O=C(CCC(=O)OCC(=O)c1ccc(F)cc1)Nc1ccc(Cl)c(Cl)c1. The van der Waals surface area contributed by atoms with Crippen LogP contribution < -0.4 is 5.32 Å². The van der Waals surface area contributed by atoms with Gasteiger partial charge in [0.2, 0.25) is 5.91 Å². The van der Waals surface area contributed by atoms with Crippen LogP contribution in [0.5, 0.6) is 0 Å². The van der Waals surface area contributed by atoms with Gasteiger partial charge in [-0.05, 0) is 42.5 Å². The number of hydrogen-bond acceptors (Lipinski definition) is 4. The molecule has 2 aromatic carbocycles. The summed E-state index contributed by atoms with van der Waals surface area (Å²) in [6, 6.07) is 9.49. The Morgan fingerprint density at radius 1 is 0.962 bits per heavy atom. The Bertz CT molecular complexity index is 824. The van der Waals surface area contributed by atoms with Crippen molar-refractivity contribution in [2.45, 2.75) is 12.8 Å². The van der Waals surface area contributed by atoms with Crippen molar-refractivity contribution in [1.82, 2.24) is 0 Å². The minimum Gasteiger partial charge on any atom is -0.457 e. The summed E-state index contributed by atoms with van der Waals surface area (Å²) in [4.78, 5) is 35.2. The second-order valence-electron chi connectivity index (χ2n) is 5.27. The Morgan fingerprint density at radius 3 is 2.31 bits per heavy atom. The van der Waals surface area contributed by atoms with E-state index in [1.165, 1.54) is 24.3 Å². The van der Waals surface area contributed by atoms with Gasteiger partial charge in [0.15, 0.2) is 12.4 Å². The predicted octanol–water partition coefficient (Wildman–Crippen LogP) is 4.28. The lowest BCUT2D eigenvalue weighted by Crippen LogP contribution is -2.17. The van der Waals surface area contributed by atoms with E-state index < -0.39 is 30.1 Å². The quantitative estimate of drug-likeness (QED) is 0.558. The molecule has 0 aliphatic heterocycles. The first-order valence-electron chi connectivity index (χ1n) is 7.54. The summed E-state index contributed by atoms with van der Waals surface area (Å²) in [5, 5.41) is 3.22. The molecule has 0 spiro atoms. The minimum absolute atomic E-state index is 0.121. The summed E-state index contributed by atoms with van der Waals surface area (Å²) in [5.41, 5.74) is 0.681. The normalized spacial score (nSPS) is 10.3. The van der Waals surface area contributed by atoms with Gasteiger partial charge < -0.3 is 10.1 Å². The van der Waals surface area contributed by atoms with Crippen molar-refractivity contribution in [1.29, 1.82) is 0 Å². The van der Waals surface area contributed by atoms with Crippen LogP contribution in [0.3, 0.4) is 0 Å². The highest BCUT2D eigenvalue weighted by Crippen LogP contribution is 2.25. The summed E-state index contributed by atoms with van der Waals surface area (Å²) < 4.78 is 17.6. The second-order valence-corrected chi connectivity index (χ2v) is 6.08. The van der Waals surface area contributed by atoms with Crippen LogP contribution in [0.2, 0.25) is 10.0 Å². The number of benzene rings is 2. The van der Waals surface area contributed by atoms with Crippen LogP contribution in [0.25, 0.3) is 0 Å². The number of amides is 1. The van der Waals surface area contributed by atoms with E-state index in [0.717, 1.165) is 12.1 Å². The van der Waals surface area contributed by atoms with Gasteiger partial charge in [0.25, 0.3) is 0 Å². The summed E-state index contributed by atoms with van der Waals surface area (Å²) >= 11 is 11.6. The standard InChI is InChI=1S/C18H14Cl2FNO4/c19-14-6-5-13(9-15(14)20)22-17(24)7-8-18(25)26-10-16(23)11-1-3-12(21)4-2-11/h1-6,9H,7-8,10H2,(H,22,24). The number of nitrogens with one attached hydrogen (secondary N) is 1. The lowest BCUT2D eigenvalue weighted by atomic mass is 10.1. The molecule has 2 aromatic rings. The Labute approximate surface area is 159 Å². The molecule has 0 atom stereocenters. The molecule has 0 bridgehead atoms. The Hall–Kier alpha value is -2.44. The number of carbonyl (C=O) groups excluding carboxylic acids is 3. The lowest BCUT2D eigenvalue weighted by Gasteiger charge is -2.07. The third kappa shape index (κ3) is 6.13. The van der Waals surface area contributed by atoms with Gasteiger partial charge in [0.05, 0.1) is 16.5 Å². The monoisotopic (exact) mass is 397 g/mol. The van der Waals surface area contributed by atoms with Crippen LogP contribution in [0.4, 0.5) is 10.1 Å². The van der Waals surface area contributed by atoms with E-state index in [-0.39, 0.29) is 18.4 Å². The number of Topliss-reactive ketones (excluding diaryl/α,β-unsaturated/α-hetero) is 1. The molecule has 0 aliphatic rings. The van der Waals surface area contributed by atoms with Gasteiger partial charge in [0.1, 0.15) is 5.82 Å². The number of ether oxygens (including phenoxy) is 1. The van der Waals surface area contributed by atoms with Gasteiger partial charge in [-0.3, -0.25) is 14.4 Å². The summed E-state index contributed by atoms with van der Waals surface area (Å²) in [6.45, 7) is -0.473. The summed E-state index contributed by atoms with van der Waals surface area (Å²) in [7, 11) is 0. The van der Waals surface area contributed by atoms with Gasteiger partial charge >= 0.3 is 5.97 Å². The maximum Gasteiger partial charge on any atom is 0.306 e. The number of anilines is 1. The zero-order valence-corrected chi connectivity index (χ0v) is 14.9. The summed E-state index contributed by atoms with van der Waals surface area (Å²) in [5.74, 6) is -2.03. The van der Waals surface area contributed by atoms with Crippen LogP contribution in [-0.4, -0.2) is 24.3 Å². The molecule has 1 amide bonds. The largest absolute Gasteiger partial charge is 0.457 e. The van der Waals surface area contributed by atoms with Crippen molar-refractivity contribution in [2.24, 2.45) is 0 Å². The third-order valence-electron chi connectivity index (χ3n) is 3.29. The zero-order valence-electron chi connectivity index (χ0n) is 13.4. The highest BCUT2D eigenvalue weighted by atomic mass is 35.5. The molecule has 0 aromatic heterocycles. The van der Waals surface area contributed by atoms with E-state index in [1.54, 1.807) is 6.07 Å². The fraction of sp³-hybridized carbons (Fsp3) is 0.167. The number of hydrogen-bond donors (Lipinski definition) is 1. The van der Waals surface area contributed by atoms with Crippen molar-refractivity contribution in [3.05, 3.63) is 63.9 Å². The number of ketones is 1. The molecule has 0 unspecified atom stereocenters. The molecule has 0 saturated heterocycles. The maximum absolute atomic E-state index is 12.8. The second kappa shape index (κ2) is 9.31. The zero-order chi connectivity index (χ0) is 19.1.